The number of nitrogens with one attached hydrogen (secondary N) is 1. The SMILES string of the molecule is CC(C)c1cc(CCNc2ccccc2C(=O)O)cc(-c2ccc3c(c2)[C@H](N)CO3)c1. The third kappa shape index (κ3) is 4.57. The van der Waals surface area contributed by atoms with Crippen LogP contribution in [0.15, 0.2) is 60.7 Å². The van der Waals surface area contributed by atoms with Gasteiger partial charge in [0.15, 0.2) is 0 Å². The van der Waals surface area contributed by atoms with Crippen molar-refractivity contribution >= 4 is 11.7 Å². The van der Waals surface area contributed by atoms with Crippen molar-refractivity contribution < 1.29 is 14.6 Å². The average molecular weight is 417 g/mol. The fourth-order valence-electron chi connectivity index (χ4n) is 3.95. The van der Waals surface area contributed by atoms with E-state index in [0.717, 1.165) is 28.9 Å². The number of aromatic carboxylic acids is 1. The van der Waals surface area contributed by atoms with E-state index in [1.165, 1.54) is 11.1 Å². The number of hydrogen-bond acceptors (Lipinski definition) is 4. The minimum Gasteiger partial charge on any atom is -0.491 e. The van der Waals surface area contributed by atoms with Crippen LogP contribution in [0.2, 0.25) is 0 Å². The van der Waals surface area contributed by atoms with Gasteiger partial charge in [0, 0.05) is 17.8 Å². The summed E-state index contributed by atoms with van der Waals surface area (Å²) in [5.74, 6) is 0.350. The number of carboxylic acid groups (broad SMARTS) is 1. The van der Waals surface area contributed by atoms with Gasteiger partial charge in [-0.3, -0.25) is 0 Å². The molecule has 0 saturated heterocycles. The molecule has 4 N–H and O–H groups in total. The van der Waals surface area contributed by atoms with Crippen LogP contribution in [0.3, 0.4) is 0 Å². The summed E-state index contributed by atoms with van der Waals surface area (Å²) in [4.78, 5) is 11.4. The molecule has 0 unspecified atom stereocenters. The maximum absolute atomic E-state index is 11.4. The summed E-state index contributed by atoms with van der Waals surface area (Å²) in [6.07, 6.45) is 0.787. The molecule has 0 spiro atoms. The average Bonchev–Trinajstić information content (AvgIpc) is 3.14. The highest BCUT2D eigenvalue weighted by Gasteiger charge is 2.21. The zero-order valence-corrected chi connectivity index (χ0v) is 17.9. The maximum Gasteiger partial charge on any atom is 0.337 e. The summed E-state index contributed by atoms with van der Waals surface area (Å²) < 4.78 is 5.63. The number of fused-ring (bicyclic) bond motifs is 1. The van der Waals surface area contributed by atoms with Gasteiger partial charge in [-0.15, -0.1) is 0 Å². The predicted octanol–water partition coefficient (Wildman–Crippen LogP) is 5.22. The van der Waals surface area contributed by atoms with Crippen LogP contribution in [0.4, 0.5) is 5.69 Å². The maximum atomic E-state index is 11.4. The summed E-state index contributed by atoms with van der Waals surface area (Å²) in [6, 6.07) is 19.8. The Balaban J connectivity index is 1.57. The predicted molar refractivity (Wildman–Crippen MR) is 124 cm³/mol. The first kappa shape index (κ1) is 20.9. The van der Waals surface area contributed by atoms with E-state index in [2.05, 4.69) is 49.5 Å². The molecule has 0 fully saturated rings. The molecule has 1 heterocycles. The first-order valence-electron chi connectivity index (χ1n) is 10.6. The number of carboxylic acids is 1. The fourth-order valence-corrected chi connectivity index (χ4v) is 3.95. The van der Waals surface area contributed by atoms with E-state index in [0.29, 0.717) is 24.8 Å². The van der Waals surface area contributed by atoms with Crippen LogP contribution in [0.25, 0.3) is 11.1 Å². The fraction of sp³-hybridized carbons (Fsp3) is 0.269. The molecular formula is C26H28N2O3. The molecule has 3 aromatic rings. The summed E-state index contributed by atoms with van der Waals surface area (Å²) in [5, 5.41) is 12.6. The van der Waals surface area contributed by atoms with Gasteiger partial charge in [-0.25, -0.2) is 4.79 Å². The normalized spacial score (nSPS) is 14.9. The Bertz CT molecular complexity index is 1110. The highest BCUT2D eigenvalue weighted by molar-refractivity contribution is 5.94. The van der Waals surface area contributed by atoms with Gasteiger partial charge < -0.3 is 20.9 Å². The van der Waals surface area contributed by atoms with E-state index >= 15 is 0 Å². The van der Waals surface area contributed by atoms with Crippen molar-refractivity contribution in [1.82, 2.24) is 0 Å². The number of benzene rings is 3. The van der Waals surface area contributed by atoms with Gasteiger partial charge in [0.1, 0.15) is 12.4 Å². The first-order chi connectivity index (χ1) is 14.9. The Morgan fingerprint density at radius 3 is 2.71 bits per heavy atom. The van der Waals surface area contributed by atoms with Crippen LogP contribution < -0.4 is 15.8 Å². The van der Waals surface area contributed by atoms with E-state index in [-0.39, 0.29) is 11.6 Å². The zero-order chi connectivity index (χ0) is 22.0. The van der Waals surface area contributed by atoms with Crippen molar-refractivity contribution in [1.29, 1.82) is 0 Å². The van der Waals surface area contributed by atoms with E-state index in [1.54, 1.807) is 18.2 Å². The molecule has 4 rings (SSSR count). The van der Waals surface area contributed by atoms with Gasteiger partial charge in [-0.2, -0.15) is 0 Å². The molecule has 31 heavy (non-hydrogen) atoms. The molecule has 5 nitrogen and oxygen atoms in total. The molecule has 5 heteroatoms. The molecule has 3 aromatic carbocycles. The lowest BCUT2D eigenvalue weighted by molar-refractivity contribution is 0.0698. The Morgan fingerprint density at radius 2 is 1.94 bits per heavy atom. The molecule has 0 saturated carbocycles. The largest absolute Gasteiger partial charge is 0.491 e. The number of nitrogens with two attached hydrogens (primary N) is 1. The second-order valence-corrected chi connectivity index (χ2v) is 8.32. The van der Waals surface area contributed by atoms with Crippen molar-refractivity contribution in [3.05, 3.63) is 82.9 Å². The molecular weight excluding hydrogens is 388 g/mol. The summed E-state index contributed by atoms with van der Waals surface area (Å²) >= 11 is 0. The minimum atomic E-state index is -0.925. The Morgan fingerprint density at radius 1 is 1.13 bits per heavy atom. The van der Waals surface area contributed by atoms with Gasteiger partial charge in [0.05, 0.1) is 11.6 Å². The van der Waals surface area contributed by atoms with E-state index < -0.39 is 5.97 Å². The number of rotatable bonds is 7. The van der Waals surface area contributed by atoms with Crippen LogP contribution in [0, 0.1) is 0 Å². The Hall–Kier alpha value is -3.31. The molecule has 1 aliphatic heterocycles. The topological polar surface area (TPSA) is 84.6 Å². The number of carbonyl (C=O) groups is 1. The van der Waals surface area contributed by atoms with Crippen LogP contribution in [-0.4, -0.2) is 24.2 Å². The van der Waals surface area contributed by atoms with Gasteiger partial charge in [0.2, 0.25) is 0 Å². The molecule has 0 aliphatic carbocycles. The number of ether oxygens (including phenoxy) is 1. The molecule has 1 atom stereocenters. The summed E-state index contributed by atoms with van der Waals surface area (Å²) in [5.41, 5.74) is 12.9. The number of para-hydroxylation sites is 1. The zero-order valence-electron chi connectivity index (χ0n) is 17.9. The second kappa shape index (κ2) is 8.82. The third-order valence-electron chi connectivity index (χ3n) is 5.73. The standard InChI is InChI=1S/C26H28N2O3/c1-16(2)19-11-17(9-10-28-24-6-4-3-5-21(24)26(29)30)12-20(13-19)18-7-8-25-22(14-18)23(27)15-31-25/h3-8,11-14,16,23,28H,9-10,15,27H2,1-2H3,(H,29,30)/t23-/m1/s1. The second-order valence-electron chi connectivity index (χ2n) is 8.32. The van der Waals surface area contributed by atoms with Crippen molar-refractivity contribution in [2.75, 3.05) is 18.5 Å². The molecule has 0 bridgehead atoms. The van der Waals surface area contributed by atoms with Crippen molar-refractivity contribution in [2.45, 2.75) is 32.2 Å². The van der Waals surface area contributed by atoms with E-state index in [4.69, 9.17) is 10.5 Å². The number of hydrogen-bond donors (Lipinski definition) is 3. The molecule has 1 aliphatic rings. The van der Waals surface area contributed by atoms with E-state index in [9.17, 15) is 9.90 Å². The lowest BCUT2D eigenvalue weighted by Gasteiger charge is -2.15. The van der Waals surface area contributed by atoms with Gasteiger partial charge in [-0.05, 0) is 58.9 Å². The number of anilines is 1. The van der Waals surface area contributed by atoms with Crippen molar-refractivity contribution in [2.24, 2.45) is 5.73 Å². The monoisotopic (exact) mass is 416 g/mol. The van der Waals surface area contributed by atoms with Gasteiger partial charge in [-0.1, -0.05) is 50.2 Å². The smallest absolute Gasteiger partial charge is 0.337 e. The van der Waals surface area contributed by atoms with Crippen LogP contribution in [0.1, 0.15) is 52.9 Å². The van der Waals surface area contributed by atoms with Crippen LogP contribution in [-0.2, 0) is 6.42 Å². The van der Waals surface area contributed by atoms with Crippen LogP contribution in [0.5, 0.6) is 5.75 Å². The summed E-state index contributed by atoms with van der Waals surface area (Å²) in [7, 11) is 0. The van der Waals surface area contributed by atoms with E-state index in [1.807, 2.05) is 12.1 Å². The third-order valence-corrected chi connectivity index (χ3v) is 5.73. The minimum absolute atomic E-state index is 0.0822. The Labute approximate surface area is 182 Å². The molecule has 0 aromatic heterocycles. The van der Waals surface area contributed by atoms with Crippen molar-refractivity contribution in [3.63, 3.8) is 0 Å². The van der Waals surface area contributed by atoms with Crippen molar-refractivity contribution in [3.8, 4) is 16.9 Å². The van der Waals surface area contributed by atoms with Gasteiger partial charge in [0.25, 0.3) is 0 Å². The highest BCUT2D eigenvalue weighted by atomic mass is 16.5. The lowest BCUT2D eigenvalue weighted by Crippen LogP contribution is -2.10. The molecule has 0 radical (unpaired) electrons. The lowest BCUT2D eigenvalue weighted by atomic mass is 9.92. The van der Waals surface area contributed by atoms with Gasteiger partial charge >= 0.3 is 5.97 Å². The first-order valence-corrected chi connectivity index (χ1v) is 10.6. The highest BCUT2D eigenvalue weighted by Crippen LogP contribution is 2.35. The molecule has 0 amide bonds. The Kier molecular flexibility index (Phi) is 5.96. The molecule has 160 valence electrons. The van der Waals surface area contributed by atoms with Crippen LogP contribution >= 0.6 is 0 Å². The summed E-state index contributed by atoms with van der Waals surface area (Å²) in [6.45, 7) is 5.56. The quantitative estimate of drug-likeness (QED) is 0.492.